The van der Waals surface area contributed by atoms with Gasteiger partial charge in [-0.2, -0.15) is 0 Å². The first kappa shape index (κ1) is 19.8. The van der Waals surface area contributed by atoms with E-state index in [1.807, 2.05) is 0 Å². The maximum absolute atomic E-state index is 9.71. The van der Waals surface area contributed by atoms with E-state index in [2.05, 4.69) is 13.8 Å². The fraction of sp³-hybridized carbons (Fsp3) is 1.00. The number of aliphatic hydroxyl groups excluding tert-OH is 3. The number of aliphatic hydroxyl groups is 3. The average molecular weight is 289 g/mol. The van der Waals surface area contributed by atoms with E-state index in [0.717, 1.165) is 18.8 Å². The Labute approximate surface area is 124 Å². The molecule has 0 aromatic heterocycles. The van der Waals surface area contributed by atoms with Crippen LogP contribution in [0.5, 0.6) is 0 Å². The molecular formula is C16H35NO3. The van der Waals surface area contributed by atoms with Gasteiger partial charge in [0.15, 0.2) is 0 Å². The Morgan fingerprint density at radius 1 is 0.900 bits per heavy atom. The van der Waals surface area contributed by atoms with Gasteiger partial charge < -0.3 is 21.1 Å². The lowest BCUT2D eigenvalue weighted by Crippen LogP contribution is -2.45. The van der Waals surface area contributed by atoms with Gasteiger partial charge in [-0.1, -0.05) is 65.2 Å². The summed E-state index contributed by atoms with van der Waals surface area (Å²) in [6.45, 7) is 4.26. The van der Waals surface area contributed by atoms with Gasteiger partial charge in [0.2, 0.25) is 0 Å². The highest BCUT2D eigenvalue weighted by Crippen LogP contribution is 2.15. The highest BCUT2D eigenvalue weighted by molar-refractivity contribution is 4.77. The molecule has 0 aromatic rings. The molecule has 0 spiro atoms. The minimum atomic E-state index is -1.02. The van der Waals surface area contributed by atoms with Gasteiger partial charge in [0.05, 0.1) is 24.9 Å². The third-order valence-corrected chi connectivity index (χ3v) is 4.19. The number of hydrogen-bond acceptors (Lipinski definition) is 4. The Kier molecular flexibility index (Phi) is 12.5. The van der Waals surface area contributed by atoms with Crippen LogP contribution in [0.25, 0.3) is 0 Å². The van der Waals surface area contributed by atoms with Crippen molar-refractivity contribution in [1.29, 1.82) is 0 Å². The molecular weight excluding hydrogens is 254 g/mol. The van der Waals surface area contributed by atoms with Crippen molar-refractivity contribution in [3.05, 3.63) is 0 Å². The highest BCUT2D eigenvalue weighted by atomic mass is 16.3. The first-order valence-electron chi connectivity index (χ1n) is 8.25. The minimum Gasteiger partial charge on any atom is -0.395 e. The zero-order valence-corrected chi connectivity index (χ0v) is 13.3. The van der Waals surface area contributed by atoms with Crippen molar-refractivity contribution in [3.63, 3.8) is 0 Å². The van der Waals surface area contributed by atoms with Gasteiger partial charge in [0.25, 0.3) is 0 Å². The quantitative estimate of drug-likeness (QED) is 0.391. The van der Waals surface area contributed by atoms with Crippen LogP contribution in [0.4, 0.5) is 0 Å². The second-order valence-corrected chi connectivity index (χ2v) is 6.12. The third kappa shape index (κ3) is 9.70. The van der Waals surface area contributed by atoms with E-state index in [-0.39, 0.29) is 6.61 Å². The van der Waals surface area contributed by atoms with Crippen LogP contribution in [-0.4, -0.2) is 40.2 Å². The van der Waals surface area contributed by atoms with Crippen LogP contribution in [0.15, 0.2) is 0 Å². The summed E-state index contributed by atoms with van der Waals surface area (Å²) in [6, 6.07) is -0.745. The molecule has 0 bridgehead atoms. The molecule has 0 aromatic carbocycles. The van der Waals surface area contributed by atoms with E-state index in [9.17, 15) is 10.2 Å². The van der Waals surface area contributed by atoms with Crippen LogP contribution in [0, 0.1) is 5.92 Å². The van der Waals surface area contributed by atoms with Crippen molar-refractivity contribution in [2.24, 2.45) is 11.7 Å². The largest absolute Gasteiger partial charge is 0.395 e. The predicted molar refractivity (Wildman–Crippen MR) is 83.5 cm³/mol. The first-order valence-corrected chi connectivity index (χ1v) is 8.25. The lowest BCUT2D eigenvalue weighted by atomic mass is 9.98. The van der Waals surface area contributed by atoms with Crippen LogP contribution in [0.1, 0.15) is 71.6 Å². The van der Waals surface area contributed by atoms with E-state index < -0.39 is 18.2 Å². The minimum absolute atomic E-state index is 0.297. The molecule has 122 valence electrons. The van der Waals surface area contributed by atoms with Crippen LogP contribution < -0.4 is 5.73 Å². The number of hydrogen-bond donors (Lipinski definition) is 4. The second kappa shape index (κ2) is 12.6. The topological polar surface area (TPSA) is 86.7 Å². The molecule has 5 N–H and O–H groups in total. The highest BCUT2D eigenvalue weighted by Gasteiger charge is 2.22. The molecule has 0 aliphatic carbocycles. The van der Waals surface area contributed by atoms with Crippen molar-refractivity contribution >= 4 is 0 Å². The Balaban J connectivity index is 3.39. The molecule has 0 heterocycles. The molecule has 4 heteroatoms. The molecule has 0 radical (unpaired) electrons. The molecule has 4 atom stereocenters. The molecule has 0 fully saturated rings. The Bertz CT molecular complexity index is 214. The fourth-order valence-electron chi connectivity index (χ4n) is 2.32. The summed E-state index contributed by atoms with van der Waals surface area (Å²) in [7, 11) is 0. The molecule has 0 amide bonds. The molecule has 0 saturated heterocycles. The zero-order chi connectivity index (χ0) is 15.4. The van der Waals surface area contributed by atoms with E-state index in [0.29, 0.717) is 6.42 Å². The van der Waals surface area contributed by atoms with Gasteiger partial charge >= 0.3 is 0 Å². The number of nitrogens with two attached hydrogens (primary N) is 1. The number of rotatable bonds is 13. The van der Waals surface area contributed by atoms with Gasteiger partial charge in [0, 0.05) is 0 Å². The maximum Gasteiger partial charge on any atom is 0.0971 e. The molecule has 0 saturated carbocycles. The standard InChI is InChI=1S/C16H35NO3/c1-3-13(2)10-8-6-4-5-7-9-11-15(19)16(20)14(17)12-18/h13-16,18-20H,3-12,17H2,1-2H3/t13?,14-,15+,16-/m0/s1. The molecule has 4 nitrogen and oxygen atoms in total. The average Bonchev–Trinajstić information content (AvgIpc) is 2.47. The fourth-order valence-corrected chi connectivity index (χ4v) is 2.32. The Morgan fingerprint density at radius 3 is 1.90 bits per heavy atom. The van der Waals surface area contributed by atoms with Crippen LogP contribution in [-0.2, 0) is 0 Å². The molecule has 0 aliphatic rings. The molecule has 0 rings (SSSR count). The molecule has 0 aliphatic heterocycles. The van der Waals surface area contributed by atoms with Crippen LogP contribution in [0.2, 0.25) is 0 Å². The normalized spacial score (nSPS) is 17.7. The summed E-state index contributed by atoms with van der Waals surface area (Å²) < 4.78 is 0. The van der Waals surface area contributed by atoms with E-state index in [1.54, 1.807) is 0 Å². The first-order chi connectivity index (χ1) is 9.52. The van der Waals surface area contributed by atoms with Gasteiger partial charge in [-0.3, -0.25) is 0 Å². The maximum atomic E-state index is 9.71. The van der Waals surface area contributed by atoms with Crippen molar-refractivity contribution in [2.45, 2.75) is 89.9 Å². The smallest absolute Gasteiger partial charge is 0.0971 e. The summed E-state index contributed by atoms with van der Waals surface area (Å²) in [5.74, 6) is 0.849. The van der Waals surface area contributed by atoms with Gasteiger partial charge in [-0.25, -0.2) is 0 Å². The Hall–Kier alpha value is -0.160. The monoisotopic (exact) mass is 289 g/mol. The Morgan fingerprint density at radius 2 is 1.40 bits per heavy atom. The summed E-state index contributed by atoms with van der Waals surface area (Å²) in [4.78, 5) is 0. The predicted octanol–water partition coefficient (Wildman–Crippen LogP) is 2.19. The lowest BCUT2D eigenvalue weighted by Gasteiger charge is -2.22. The van der Waals surface area contributed by atoms with Gasteiger partial charge in [-0.15, -0.1) is 0 Å². The number of unbranched alkanes of at least 4 members (excludes halogenated alkanes) is 5. The summed E-state index contributed by atoms with van der Waals surface area (Å²) in [5.41, 5.74) is 5.48. The zero-order valence-electron chi connectivity index (χ0n) is 13.3. The van der Waals surface area contributed by atoms with Crippen molar-refractivity contribution in [3.8, 4) is 0 Å². The van der Waals surface area contributed by atoms with E-state index >= 15 is 0 Å². The summed E-state index contributed by atoms with van der Waals surface area (Å²) in [5, 5.41) is 28.1. The lowest BCUT2D eigenvalue weighted by molar-refractivity contribution is -0.0121. The SMILES string of the molecule is CCC(C)CCCCCCCC[C@@H](O)[C@@H](O)[C@@H](N)CO. The van der Waals surface area contributed by atoms with Crippen molar-refractivity contribution < 1.29 is 15.3 Å². The van der Waals surface area contributed by atoms with Gasteiger partial charge in [0.1, 0.15) is 0 Å². The van der Waals surface area contributed by atoms with E-state index in [4.69, 9.17) is 10.8 Å². The van der Waals surface area contributed by atoms with Crippen LogP contribution in [0.3, 0.4) is 0 Å². The summed E-state index contributed by atoms with van der Waals surface area (Å²) >= 11 is 0. The second-order valence-electron chi connectivity index (χ2n) is 6.12. The van der Waals surface area contributed by atoms with Crippen LogP contribution >= 0.6 is 0 Å². The third-order valence-electron chi connectivity index (χ3n) is 4.19. The molecule has 20 heavy (non-hydrogen) atoms. The van der Waals surface area contributed by atoms with Crippen molar-refractivity contribution in [1.82, 2.24) is 0 Å². The van der Waals surface area contributed by atoms with Gasteiger partial charge in [-0.05, 0) is 12.3 Å². The van der Waals surface area contributed by atoms with Crippen molar-refractivity contribution in [2.75, 3.05) is 6.61 Å². The van der Waals surface area contributed by atoms with E-state index in [1.165, 1.54) is 38.5 Å². The summed E-state index contributed by atoms with van der Waals surface area (Å²) in [6.07, 6.45) is 8.38. The molecule has 1 unspecified atom stereocenters.